The minimum atomic E-state index is 0.181. The first-order valence-corrected chi connectivity index (χ1v) is 5.88. The fraction of sp³-hybridized carbons (Fsp3) is 0.909. The molecular formula is C11H22N2O2. The summed E-state index contributed by atoms with van der Waals surface area (Å²) in [4.78, 5) is 11.5. The maximum Gasteiger partial charge on any atom is 0.220 e. The molecule has 0 aliphatic carbocycles. The normalized spacial score (nSPS) is 20.5. The third-order valence-corrected chi connectivity index (χ3v) is 2.63. The molecular weight excluding hydrogens is 192 g/mol. The second-order valence-electron chi connectivity index (χ2n) is 3.96. The molecule has 0 aromatic rings. The van der Waals surface area contributed by atoms with Crippen LogP contribution >= 0.6 is 0 Å². The molecule has 1 heterocycles. The fourth-order valence-electron chi connectivity index (χ4n) is 1.77. The minimum absolute atomic E-state index is 0.181. The van der Waals surface area contributed by atoms with E-state index < -0.39 is 0 Å². The van der Waals surface area contributed by atoms with Crippen molar-refractivity contribution in [3.05, 3.63) is 0 Å². The van der Waals surface area contributed by atoms with Crippen LogP contribution in [0.15, 0.2) is 0 Å². The second-order valence-corrected chi connectivity index (χ2v) is 3.96. The third kappa shape index (κ3) is 5.74. The average molecular weight is 214 g/mol. The van der Waals surface area contributed by atoms with E-state index in [0.29, 0.717) is 12.3 Å². The molecule has 15 heavy (non-hydrogen) atoms. The number of carbonyl (C=O) groups excluding carboxylic acids is 1. The monoisotopic (exact) mass is 214 g/mol. The highest BCUT2D eigenvalue weighted by atomic mass is 16.5. The molecule has 0 saturated carbocycles. The zero-order valence-corrected chi connectivity index (χ0v) is 9.55. The lowest BCUT2D eigenvalue weighted by atomic mass is 10.0. The molecule has 1 amide bonds. The van der Waals surface area contributed by atoms with Gasteiger partial charge in [0.15, 0.2) is 0 Å². The third-order valence-electron chi connectivity index (χ3n) is 2.63. The molecule has 1 aliphatic heterocycles. The summed E-state index contributed by atoms with van der Waals surface area (Å²) in [5.74, 6) is 0.720. The maximum absolute atomic E-state index is 11.5. The van der Waals surface area contributed by atoms with Gasteiger partial charge < -0.3 is 15.4 Å². The molecule has 0 aromatic carbocycles. The smallest absolute Gasteiger partial charge is 0.220 e. The molecule has 0 bridgehead atoms. The van der Waals surface area contributed by atoms with Gasteiger partial charge in [0.1, 0.15) is 0 Å². The highest BCUT2D eigenvalue weighted by molar-refractivity contribution is 5.76. The largest absolute Gasteiger partial charge is 0.382 e. The van der Waals surface area contributed by atoms with Gasteiger partial charge in [-0.25, -0.2) is 0 Å². The van der Waals surface area contributed by atoms with Crippen LogP contribution in [0.4, 0.5) is 0 Å². The van der Waals surface area contributed by atoms with Crippen LogP contribution in [0, 0.1) is 5.92 Å². The first kappa shape index (κ1) is 12.5. The van der Waals surface area contributed by atoms with E-state index in [4.69, 9.17) is 4.74 Å². The molecule has 0 spiro atoms. The van der Waals surface area contributed by atoms with Crippen molar-refractivity contribution in [1.82, 2.24) is 10.6 Å². The van der Waals surface area contributed by atoms with E-state index in [0.717, 1.165) is 45.7 Å². The van der Waals surface area contributed by atoms with Gasteiger partial charge >= 0.3 is 0 Å². The van der Waals surface area contributed by atoms with Crippen molar-refractivity contribution in [2.75, 3.05) is 32.8 Å². The van der Waals surface area contributed by atoms with Gasteiger partial charge in [0, 0.05) is 26.2 Å². The molecule has 1 saturated heterocycles. The van der Waals surface area contributed by atoms with E-state index in [9.17, 15) is 4.79 Å². The summed E-state index contributed by atoms with van der Waals surface area (Å²) in [6, 6.07) is 0. The van der Waals surface area contributed by atoms with Crippen molar-refractivity contribution in [3.63, 3.8) is 0 Å². The van der Waals surface area contributed by atoms with E-state index in [2.05, 4.69) is 10.6 Å². The minimum Gasteiger partial charge on any atom is -0.382 e. The summed E-state index contributed by atoms with van der Waals surface area (Å²) >= 11 is 0. The molecule has 1 unspecified atom stereocenters. The molecule has 1 rings (SSSR count). The van der Waals surface area contributed by atoms with Crippen LogP contribution in [0.5, 0.6) is 0 Å². The second kappa shape index (κ2) is 7.65. The quantitative estimate of drug-likeness (QED) is 0.608. The molecule has 0 radical (unpaired) electrons. The zero-order chi connectivity index (χ0) is 10.9. The first-order chi connectivity index (χ1) is 7.33. The summed E-state index contributed by atoms with van der Waals surface area (Å²) in [6.07, 6.45) is 2.70. The highest BCUT2D eigenvalue weighted by Gasteiger charge is 2.17. The number of nitrogens with one attached hydrogen (secondary N) is 2. The predicted octanol–water partition coefficient (Wildman–Crippen LogP) is 0.529. The van der Waals surface area contributed by atoms with Gasteiger partial charge in [-0.05, 0) is 38.8 Å². The van der Waals surface area contributed by atoms with Crippen LogP contribution in [0.1, 0.15) is 26.2 Å². The first-order valence-electron chi connectivity index (χ1n) is 5.88. The van der Waals surface area contributed by atoms with Crippen LogP contribution in [0.2, 0.25) is 0 Å². The van der Waals surface area contributed by atoms with Crippen molar-refractivity contribution < 1.29 is 9.53 Å². The zero-order valence-electron chi connectivity index (χ0n) is 9.55. The molecule has 1 aliphatic rings. The van der Waals surface area contributed by atoms with E-state index >= 15 is 0 Å². The van der Waals surface area contributed by atoms with Gasteiger partial charge in [0.05, 0.1) is 0 Å². The molecule has 4 heteroatoms. The van der Waals surface area contributed by atoms with E-state index in [1.54, 1.807) is 0 Å². The number of carbonyl (C=O) groups is 1. The topological polar surface area (TPSA) is 50.4 Å². The number of hydrogen-bond acceptors (Lipinski definition) is 3. The van der Waals surface area contributed by atoms with Crippen LogP contribution in [0.3, 0.4) is 0 Å². The summed E-state index contributed by atoms with van der Waals surface area (Å²) in [5.41, 5.74) is 0. The summed E-state index contributed by atoms with van der Waals surface area (Å²) < 4.78 is 5.19. The van der Waals surface area contributed by atoms with Crippen molar-refractivity contribution in [2.24, 2.45) is 5.92 Å². The van der Waals surface area contributed by atoms with Gasteiger partial charge in [0.2, 0.25) is 5.91 Å². The summed E-state index contributed by atoms with van der Waals surface area (Å²) in [6.45, 7) is 6.25. The van der Waals surface area contributed by atoms with Gasteiger partial charge in [0.25, 0.3) is 0 Å². The Morgan fingerprint density at radius 3 is 3.13 bits per heavy atom. The molecule has 1 atom stereocenters. The Hall–Kier alpha value is -0.610. The summed E-state index contributed by atoms with van der Waals surface area (Å²) in [5, 5.41) is 6.18. The number of rotatable bonds is 7. The molecule has 1 fully saturated rings. The van der Waals surface area contributed by atoms with Gasteiger partial charge in [-0.2, -0.15) is 0 Å². The Kier molecular flexibility index (Phi) is 6.36. The van der Waals surface area contributed by atoms with Crippen LogP contribution in [0.25, 0.3) is 0 Å². The molecule has 4 nitrogen and oxygen atoms in total. The SMILES string of the molecule is CCOCCCNC(=O)CC1CCNC1. The van der Waals surface area contributed by atoms with Gasteiger partial charge in [-0.1, -0.05) is 0 Å². The Morgan fingerprint density at radius 1 is 1.60 bits per heavy atom. The predicted molar refractivity (Wildman–Crippen MR) is 59.7 cm³/mol. The lowest BCUT2D eigenvalue weighted by Gasteiger charge is -2.08. The fourth-order valence-corrected chi connectivity index (χ4v) is 1.77. The molecule has 0 aromatic heterocycles. The Bertz CT molecular complexity index is 179. The number of amides is 1. The average Bonchev–Trinajstić information content (AvgIpc) is 2.70. The van der Waals surface area contributed by atoms with Crippen molar-refractivity contribution in [3.8, 4) is 0 Å². The van der Waals surface area contributed by atoms with Gasteiger partial charge in [-0.15, -0.1) is 0 Å². The Labute approximate surface area is 91.8 Å². The highest BCUT2D eigenvalue weighted by Crippen LogP contribution is 2.11. The van der Waals surface area contributed by atoms with E-state index in [1.807, 2.05) is 6.92 Å². The summed E-state index contributed by atoms with van der Waals surface area (Å²) in [7, 11) is 0. The molecule has 88 valence electrons. The van der Waals surface area contributed by atoms with E-state index in [1.165, 1.54) is 0 Å². The number of ether oxygens (including phenoxy) is 1. The Morgan fingerprint density at radius 2 is 2.47 bits per heavy atom. The standard InChI is InChI=1S/C11H22N2O2/c1-2-15-7-3-5-13-11(14)8-10-4-6-12-9-10/h10,12H,2-9H2,1H3,(H,13,14). The Balaban J connectivity index is 1.93. The lowest BCUT2D eigenvalue weighted by molar-refractivity contribution is -0.121. The maximum atomic E-state index is 11.5. The molecule has 2 N–H and O–H groups in total. The van der Waals surface area contributed by atoms with E-state index in [-0.39, 0.29) is 5.91 Å². The van der Waals surface area contributed by atoms with Crippen LogP contribution in [-0.4, -0.2) is 38.8 Å². The van der Waals surface area contributed by atoms with Crippen molar-refractivity contribution in [2.45, 2.75) is 26.2 Å². The van der Waals surface area contributed by atoms with Gasteiger partial charge in [-0.3, -0.25) is 4.79 Å². The van der Waals surface area contributed by atoms with Crippen molar-refractivity contribution >= 4 is 5.91 Å². The van der Waals surface area contributed by atoms with Crippen LogP contribution < -0.4 is 10.6 Å². The van der Waals surface area contributed by atoms with Crippen molar-refractivity contribution in [1.29, 1.82) is 0 Å². The van der Waals surface area contributed by atoms with Crippen LogP contribution in [-0.2, 0) is 9.53 Å². The number of hydrogen-bond donors (Lipinski definition) is 2. The lowest BCUT2D eigenvalue weighted by Crippen LogP contribution is -2.27.